The molecule has 0 bridgehead atoms. The molecule has 1 fully saturated rings. The highest BCUT2D eigenvalue weighted by Crippen LogP contribution is 2.39. The van der Waals surface area contributed by atoms with Crippen LogP contribution in [0.5, 0.6) is 5.75 Å². The van der Waals surface area contributed by atoms with Gasteiger partial charge in [-0.1, -0.05) is 0 Å². The fourth-order valence-corrected chi connectivity index (χ4v) is 3.52. The summed E-state index contributed by atoms with van der Waals surface area (Å²) in [7, 11) is 1.68. The molecular weight excluding hydrogens is 359 g/mol. The van der Waals surface area contributed by atoms with Crippen LogP contribution < -0.4 is 4.90 Å². The Hall–Kier alpha value is -3.47. The smallest absolute Gasteiger partial charge is 0.212 e. The summed E-state index contributed by atoms with van der Waals surface area (Å²) in [6.45, 7) is 1.19. The van der Waals surface area contributed by atoms with Gasteiger partial charge in [-0.05, 0) is 37.1 Å². The Morgan fingerprint density at radius 3 is 2.64 bits per heavy atom. The maximum atomic E-state index is 13.2. The van der Waals surface area contributed by atoms with Crippen LogP contribution in [0.1, 0.15) is 18.4 Å². The van der Waals surface area contributed by atoms with Crippen LogP contribution in [0.2, 0.25) is 0 Å². The molecule has 144 valence electrons. The number of hydrogen-bond acceptors (Lipinski definition) is 6. The molecule has 2 aromatic rings. The van der Waals surface area contributed by atoms with Gasteiger partial charge in [0, 0.05) is 43.4 Å². The minimum Gasteiger partial charge on any atom is -0.506 e. The van der Waals surface area contributed by atoms with Gasteiger partial charge >= 0.3 is 0 Å². The van der Waals surface area contributed by atoms with Crippen molar-refractivity contribution in [1.82, 2.24) is 9.88 Å². The number of phenolic OH excluding ortho intramolecular Hbond substituents is 1. The number of hydrogen-bond donors (Lipinski definition) is 3. The molecule has 1 saturated heterocycles. The molecule has 2 heterocycles. The molecule has 0 amide bonds. The minimum absolute atomic E-state index is 0.0293. The number of nitrogens with one attached hydrogen (secondary N) is 2. The van der Waals surface area contributed by atoms with Crippen molar-refractivity contribution < 1.29 is 9.50 Å². The summed E-state index contributed by atoms with van der Waals surface area (Å²) in [5, 5.41) is 35.3. The van der Waals surface area contributed by atoms with Gasteiger partial charge in [-0.2, -0.15) is 9.65 Å². The number of benzene rings is 1. The molecule has 28 heavy (non-hydrogen) atoms. The fraction of sp³-hybridized carbons (Fsp3) is 0.300. The zero-order valence-corrected chi connectivity index (χ0v) is 15.5. The molecule has 1 aromatic carbocycles. The summed E-state index contributed by atoms with van der Waals surface area (Å²) < 4.78 is 13.2. The van der Waals surface area contributed by atoms with Gasteiger partial charge in [0.2, 0.25) is 5.95 Å². The normalized spacial score (nSPS) is 14.4. The highest BCUT2D eigenvalue weighted by molar-refractivity contribution is 5.91. The molecular formula is C20H21FN6O. The van der Waals surface area contributed by atoms with Gasteiger partial charge in [0.05, 0.1) is 12.0 Å². The van der Waals surface area contributed by atoms with E-state index in [4.69, 9.17) is 10.8 Å². The topological polar surface area (TPSA) is 111 Å². The number of nitrogens with zero attached hydrogens (tertiary/aromatic N) is 4. The molecule has 0 aliphatic carbocycles. The lowest BCUT2D eigenvalue weighted by molar-refractivity contribution is 0.465. The first-order chi connectivity index (χ1) is 13.5. The van der Waals surface area contributed by atoms with Crippen molar-refractivity contribution in [3.63, 3.8) is 0 Å². The molecule has 3 rings (SSSR count). The largest absolute Gasteiger partial charge is 0.506 e. The minimum atomic E-state index is -0.584. The predicted octanol–water partition coefficient (Wildman–Crippen LogP) is 3.20. The molecule has 0 radical (unpaired) electrons. The number of piperidine rings is 1. The number of aromatic hydroxyl groups is 1. The molecule has 0 spiro atoms. The van der Waals surface area contributed by atoms with E-state index in [9.17, 15) is 14.8 Å². The number of aromatic nitrogens is 1. The average molecular weight is 380 g/mol. The lowest BCUT2D eigenvalue weighted by Gasteiger charge is -2.36. The van der Waals surface area contributed by atoms with E-state index >= 15 is 0 Å². The number of nitriles is 1. The number of anilines is 1. The SMILES string of the molecule is CN(C=N)C(=N)C1CCN(c2c(-c3ccc(F)nc3)ccc(O)c2C#N)CC1. The van der Waals surface area contributed by atoms with E-state index in [2.05, 4.69) is 11.1 Å². The van der Waals surface area contributed by atoms with E-state index in [0.717, 1.165) is 6.34 Å². The third-order valence-electron chi connectivity index (χ3n) is 5.08. The summed E-state index contributed by atoms with van der Waals surface area (Å²) in [5.74, 6) is -0.260. The molecule has 1 aliphatic heterocycles. The van der Waals surface area contributed by atoms with Crippen LogP contribution in [0.4, 0.5) is 10.1 Å². The molecule has 0 saturated carbocycles. The van der Waals surface area contributed by atoms with Crippen LogP contribution in [0, 0.1) is 34.0 Å². The molecule has 1 aromatic heterocycles. The standard InChI is InChI=1S/C20H21FN6O/c1-26(12-23)20(24)13-6-8-27(9-7-13)19-15(3-4-17(28)16(19)10-22)14-2-5-18(21)25-11-14/h2-5,11-13,23-24,28H,6-9H2,1H3. The highest BCUT2D eigenvalue weighted by atomic mass is 19.1. The third kappa shape index (κ3) is 3.64. The monoisotopic (exact) mass is 380 g/mol. The van der Waals surface area contributed by atoms with Gasteiger partial charge < -0.3 is 14.9 Å². The summed E-state index contributed by atoms with van der Waals surface area (Å²) >= 11 is 0. The quantitative estimate of drug-likeness (QED) is 0.428. The molecule has 7 nitrogen and oxygen atoms in total. The summed E-state index contributed by atoms with van der Waals surface area (Å²) in [6, 6.07) is 8.10. The number of rotatable bonds is 4. The van der Waals surface area contributed by atoms with E-state index in [1.807, 2.05) is 4.90 Å². The Morgan fingerprint density at radius 1 is 1.36 bits per heavy atom. The van der Waals surface area contributed by atoms with E-state index in [1.54, 1.807) is 19.2 Å². The van der Waals surface area contributed by atoms with Gasteiger partial charge in [0.25, 0.3) is 0 Å². The first-order valence-corrected chi connectivity index (χ1v) is 8.91. The van der Waals surface area contributed by atoms with E-state index in [1.165, 1.54) is 23.2 Å². The van der Waals surface area contributed by atoms with Crippen molar-refractivity contribution in [2.75, 3.05) is 25.0 Å². The van der Waals surface area contributed by atoms with E-state index < -0.39 is 5.95 Å². The van der Waals surface area contributed by atoms with Crippen molar-refractivity contribution in [2.24, 2.45) is 5.92 Å². The Labute approximate surface area is 162 Å². The fourth-order valence-electron chi connectivity index (χ4n) is 3.52. The second kappa shape index (κ2) is 8.05. The lowest BCUT2D eigenvalue weighted by atomic mass is 9.92. The Kier molecular flexibility index (Phi) is 5.54. The summed E-state index contributed by atoms with van der Waals surface area (Å²) in [6.07, 6.45) is 3.92. The Balaban J connectivity index is 1.94. The molecule has 8 heteroatoms. The second-order valence-electron chi connectivity index (χ2n) is 6.72. The maximum Gasteiger partial charge on any atom is 0.212 e. The van der Waals surface area contributed by atoms with Crippen molar-refractivity contribution in [3.05, 3.63) is 42.0 Å². The maximum absolute atomic E-state index is 13.2. The number of pyridine rings is 1. The van der Waals surface area contributed by atoms with Gasteiger partial charge in [-0.3, -0.25) is 10.8 Å². The van der Waals surface area contributed by atoms with Crippen LogP contribution >= 0.6 is 0 Å². The van der Waals surface area contributed by atoms with Crippen molar-refractivity contribution in [2.45, 2.75) is 12.8 Å². The molecule has 1 aliphatic rings. The second-order valence-corrected chi connectivity index (χ2v) is 6.72. The van der Waals surface area contributed by atoms with Crippen molar-refractivity contribution >= 4 is 17.9 Å². The van der Waals surface area contributed by atoms with Gasteiger partial charge in [-0.15, -0.1) is 0 Å². The zero-order chi connectivity index (χ0) is 20.3. The number of amidine groups is 1. The predicted molar refractivity (Wildman–Crippen MR) is 105 cm³/mol. The lowest BCUT2D eigenvalue weighted by Crippen LogP contribution is -2.41. The average Bonchev–Trinajstić information content (AvgIpc) is 2.73. The van der Waals surface area contributed by atoms with Gasteiger partial charge in [0.15, 0.2) is 0 Å². The molecule has 0 atom stereocenters. The van der Waals surface area contributed by atoms with E-state index in [0.29, 0.717) is 48.6 Å². The zero-order valence-electron chi connectivity index (χ0n) is 15.5. The summed E-state index contributed by atoms with van der Waals surface area (Å²) in [4.78, 5) is 7.21. The Morgan fingerprint density at radius 2 is 2.07 bits per heavy atom. The Bertz CT molecular complexity index is 929. The van der Waals surface area contributed by atoms with Gasteiger partial charge in [0.1, 0.15) is 23.2 Å². The van der Waals surface area contributed by atoms with Crippen molar-refractivity contribution in [3.8, 4) is 22.9 Å². The van der Waals surface area contributed by atoms with Crippen molar-refractivity contribution in [1.29, 1.82) is 16.1 Å². The number of halogens is 1. The van der Waals surface area contributed by atoms with Crippen LogP contribution in [-0.4, -0.2) is 47.3 Å². The number of phenols is 1. The van der Waals surface area contributed by atoms with Crippen LogP contribution in [0.25, 0.3) is 11.1 Å². The molecule has 3 N–H and O–H groups in total. The molecule has 0 unspecified atom stereocenters. The van der Waals surface area contributed by atoms with E-state index in [-0.39, 0.29) is 17.2 Å². The van der Waals surface area contributed by atoms with Crippen LogP contribution in [-0.2, 0) is 0 Å². The van der Waals surface area contributed by atoms with Gasteiger partial charge in [-0.25, -0.2) is 4.98 Å². The first kappa shape index (κ1) is 19.3. The van der Waals surface area contributed by atoms with Crippen LogP contribution in [0.15, 0.2) is 30.5 Å². The first-order valence-electron chi connectivity index (χ1n) is 8.91. The highest BCUT2D eigenvalue weighted by Gasteiger charge is 2.28. The summed E-state index contributed by atoms with van der Waals surface area (Å²) in [5.41, 5.74) is 2.13. The van der Waals surface area contributed by atoms with Crippen LogP contribution in [0.3, 0.4) is 0 Å². The third-order valence-corrected chi connectivity index (χ3v) is 5.08.